The summed E-state index contributed by atoms with van der Waals surface area (Å²) in [4.78, 5) is 62.9. The van der Waals surface area contributed by atoms with Gasteiger partial charge in [0.15, 0.2) is 0 Å². The number of amides is 4. The number of hydrogen-bond donors (Lipinski definition) is 0. The average molecular weight is 557 g/mol. The van der Waals surface area contributed by atoms with Gasteiger partial charge in [-0.3, -0.25) is 29.0 Å². The summed E-state index contributed by atoms with van der Waals surface area (Å²) in [6.07, 6.45) is 0. The highest BCUT2D eigenvalue weighted by molar-refractivity contribution is 7.26. The van der Waals surface area contributed by atoms with E-state index in [1.807, 2.05) is 24.3 Å². The fourth-order valence-electron chi connectivity index (χ4n) is 4.74. The minimum atomic E-state index is -0.648. The Morgan fingerprint density at radius 3 is 1.41 bits per heavy atom. The van der Waals surface area contributed by atoms with Crippen molar-refractivity contribution in [3.05, 3.63) is 45.6 Å². The molecule has 10 nitrogen and oxygen atoms in total. The van der Waals surface area contributed by atoms with Crippen LogP contribution in [0.5, 0.6) is 0 Å². The number of carbonyl (C=O) groups excluding carboxylic acids is 4. The van der Waals surface area contributed by atoms with Gasteiger partial charge in [-0.25, -0.2) is 9.98 Å². The normalized spacial score (nSPS) is 20.7. The van der Waals surface area contributed by atoms with Crippen LogP contribution in [0.4, 0.5) is 10.0 Å². The quantitative estimate of drug-likeness (QED) is 0.512. The van der Waals surface area contributed by atoms with Crippen molar-refractivity contribution in [3.8, 4) is 21.9 Å². The van der Waals surface area contributed by atoms with Crippen LogP contribution in [0.1, 0.15) is 38.8 Å². The Hall–Kier alpha value is -4.52. The number of nitriles is 2. The Labute approximate surface area is 231 Å². The summed E-state index contributed by atoms with van der Waals surface area (Å²) in [5.41, 5.74) is 1.98. The maximum absolute atomic E-state index is 12.8. The molecule has 0 saturated heterocycles. The molecule has 0 bridgehead atoms. The van der Waals surface area contributed by atoms with Crippen molar-refractivity contribution < 1.29 is 19.2 Å². The van der Waals surface area contributed by atoms with Crippen LogP contribution in [0.25, 0.3) is 9.75 Å². The number of likely N-dealkylation sites (N-methyl/N-ethyl adjacent to an activating group) is 2. The van der Waals surface area contributed by atoms with Gasteiger partial charge in [0.2, 0.25) is 0 Å². The lowest BCUT2D eigenvalue weighted by atomic mass is 9.84. The second kappa shape index (κ2) is 8.76. The molecule has 12 heteroatoms. The van der Waals surface area contributed by atoms with Crippen molar-refractivity contribution in [2.24, 2.45) is 9.98 Å². The SMILES string of the molecule is CC1=C(C#N)C(=O)N(C)C(=O)C1=Nc1cc2c(s1)-c1sc(N=C3C(=O)N(C)C(=O)C(C#N)=C3C)cc1C2(C)C. The maximum atomic E-state index is 12.8. The number of thiophene rings is 2. The zero-order chi connectivity index (χ0) is 28.5. The summed E-state index contributed by atoms with van der Waals surface area (Å²) >= 11 is 2.76. The molecule has 3 aliphatic rings. The molecule has 0 N–H and O–H groups in total. The first-order chi connectivity index (χ1) is 18.3. The van der Waals surface area contributed by atoms with Gasteiger partial charge in [0.05, 0.1) is 9.75 Å². The molecular formula is C27H20N6O4S2. The minimum Gasteiger partial charge on any atom is -0.276 e. The summed E-state index contributed by atoms with van der Waals surface area (Å²) in [5, 5.41) is 19.9. The lowest BCUT2D eigenvalue weighted by Crippen LogP contribution is -2.44. The standard InChI is InChI=1S/C27H20N6O4S2/c1-11-13(9-28)23(34)32(5)25(36)19(11)30-17-7-15-21(38-17)22-16(27(15,3)4)8-18(39-22)31-20-12(2)14(10-29)24(35)33(6)26(20)37/h7-8H,1-6H3. The van der Waals surface area contributed by atoms with Crippen LogP contribution >= 0.6 is 22.7 Å². The highest BCUT2D eigenvalue weighted by Crippen LogP contribution is 2.58. The first-order valence-corrected chi connectivity index (χ1v) is 13.3. The van der Waals surface area contributed by atoms with Gasteiger partial charge in [0.1, 0.15) is 44.7 Å². The van der Waals surface area contributed by atoms with Gasteiger partial charge in [0, 0.05) is 30.7 Å². The van der Waals surface area contributed by atoms with E-state index in [2.05, 4.69) is 23.8 Å². The van der Waals surface area contributed by atoms with E-state index in [0.29, 0.717) is 10.0 Å². The lowest BCUT2D eigenvalue weighted by molar-refractivity contribution is -0.138. The summed E-state index contributed by atoms with van der Waals surface area (Å²) in [5.74, 6) is -2.43. The number of hydrogen-bond acceptors (Lipinski definition) is 10. The third kappa shape index (κ3) is 3.64. The Balaban J connectivity index is 1.60. The molecule has 0 aromatic carbocycles. The van der Waals surface area contributed by atoms with E-state index >= 15 is 0 Å². The van der Waals surface area contributed by atoms with Crippen molar-refractivity contribution in [2.45, 2.75) is 33.1 Å². The van der Waals surface area contributed by atoms with Crippen LogP contribution in [0.15, 0.2) is 44.4 Å². The maximum Gasteiger partial charge on any atom is 0.279 e. The molecule has 1 aliphatic carbocycles. The molecule has 0 radical (unpaired) electrons. The first kappa shape index (κ1) is 26.1. The molecule has 2 aromatic rings. The highest BCUT2D eigenvalue weighted by Gasteiger charge is 2.41. The molecule has 4 amide bonds. The topological polar surface area (TPSA) is 147 Å². The summed E-state index contributed by atoms with van der Waals surface area (Å²) in [6.45, 7) is 7.19. The van der Waals surface area contributed by atoms with Gasteiger partial charge < -0.3 is 0 Å². The Morgan fingerprint density at radius 2 is 1.08 bits per heavy atom. The van der Waals surface area contributed by atoms with Gasteiger partial charge >= 0.3 is 0 Å². The van der Waals surface area contributed by atoms with E-state index in [9.17, 15) is 29.7 Å². The number of imide groups is 2. The smallest absolute Gasteiger partial charge is 0.276 e. The van der Waals surface area contributed by atoms with Gasteiger partial charge in [-0.1, -0.05) is 13.8 Å². The molecule has 4 heterocycles. The molecule has 0 fully saturated rings. The second-order valence-corrected chi connectivity index (χ2v) is 11.8. The number of rotatable bonds is 2. The van der Waals surface area contributed by atoms with Gasteiger partial charge in [-0.15, -0.1) is 22.7 Å². The average Bonchev–Trinajstić information content (AvgIpc) is 3.56. The molecular weight excluding hydrogens is 536 g/mol. The molecule has 194 valence electrons. The van der Waals surface area contributed by atoms with Crippen molar-refractivity contribution >= 4 is 67.7 Å². The third-order valence-electron chi connectivity index (χ3n) is 7.17. The van der Waals surface area contributed by atoms with E-state index in [1.54, 1.807) is 13.8 Å². The molecule has 0 spiro atoms. The van der Waals surface area contributed by atoms with Gasteiger partial charge in [-0.05, 0) is 37.1 Å². The number of carbonyl (C=O) groups is 4. The molecule has 5 rings (SSSR count). The van der Waals surface area contributed by atoms with E-state index in [-0.39, 0.29) is 33.7 Å². The zero-order valence-corrected chi connectivity index (χ0v) is 23.4. The van der Waals surface area contributed by atoms with E-state index in [0.717, 1.165) is 30.7 Å². The number of aliphatic imine (C=N–C) groups is 2. The van der Waals surface area contributed by atoms with Crippen LogP contribution < -0.4 is 0 Å². The first-order valence-electron chi connectivity index (χ1n) is 11.7. The Kier molecular flexibility index (Phi) is 5.87. The van der Waals surface area contributed by atoms with E-state index in [1.165, 1.54) is 36.8 Å². The van der Waals surface area contributed by atoms with E-state index < -0.39 is 29.0 Å². The number of nitrogens with zero attached hydrogens (tertiary/aromatic N) is 6. The van der Waals surface area contributed by atoms with Crippen LogP contribution in [-0.4, -0.2) is 58.9 Å². The van der Waals surface area contributed by atoms with Crippen molar-refractivity contribution in [3.63, 3.8) is 0 Å². The van der Waals surface area contributed by atoms with Crippen LogP contribution in [0, 0.1) is 22.7 Å². The Morgan fingerprint density at radius 1 is 0.718 bits per heavy atom. The predicted octanol–water partition coefficient (Wildman–Crippen LogP) is 3.94. The highest BCUT2D eigenvalue weighted by atomic mass is 32.1. The molecule has 0 atom stereocenters. The largest absolute Gasteiger partial charge is 0.279 e. The van der Waals surface area contributed by atoms with E-state index in [4.69, 9.17) is 0 Å². The third-order valence-corrected chi connectivity index (χ3v) is 9.39. The van der Waals surface area contributed by atoms with Gasteiger partial charge in [-0.2, -0.15) is 10.5 Å². The fourth-order valence-corrected chi connectivity index (χ4v) is 7.29. The second-order valence-electron chi connectivity index (χ2n) is 9.76. The summed E-state index contributed by atoms with van der Waals surface area (Å²) in [7, 11) is 2.65. The molecule has 2 aliphatic heterocycles. The molecule has 0 unspecified atom stereocenters. The number of fused-ring (bicyclic) bond motifs is 3. The molecule has 0 saturated carbocycles. The lowest BCUT2D eigenvalue weighted by Gasteiger charge is -2.22. The van der Waals surface area contributed by atoms with Crippen LogP contribution in [-0.2, 0) is 24.6 Å². The molecule has 2 aromatic heterocycles. The summed E-state index contributed by atoms with van der Waals surface area (Å²) < 4.78 is 0. The van der Waals surface area contributed by atoms with Crippen LogP contribution in [0.3, 0.4) is 0 Å². The van der Waals surface area contributed by atoms with Gasteiger partial charge in [0.25, 0.3) is 23.6 Å². The monoisotopic (exact) mass is 556 g/mol. The Bertz CT molecular complexity index is 1660. The van der Waals surface area contributed by atoms with Crippen molar-refractivity contribution in [1.82, 2.24) is 9.80 Å². The summed E-state index contributed by atoms with van der Waals surface area (Å²) in [6, 6.07) is 7.56. The van der Waals surface area contributed by atoms with Crippen molar-refractivity contribution in [2.75, 3.05) is 14.1 Å². The van der Waals surface area contributed by atoms with Crippen molar-refractivity contribution in [1.29, 1.82) is 10.5 Å². The molecule has 39 heavy (non-hydrogen) atoms. The predicted molar refractivity (Wildman–Crippen MR) is 146 cm³/mol. The zero-order valence-electron chi connectivity index (χ0n) is 21.8. The minimum absolute atomic E-state index is 0.0508. The van der Waals surface area contributed by atoms with Crippen LogP contribution in [0.2, 0.25) is 0 Å². The fraction of sp³-hybridized carbons (Fsp3) is 0.259.